The van der Waals surface area contributed by atoms with Gasteiger partial charge in [-0.3, -0.25) is 4.79 Å². The van der Waals surface area contributed by atoms with Crippen LogP contribution in [0.25, 0.3) is 5.65 Å². The molecule has 1 atom stereocenters. The first-order chi connectivity index (χ1) is 7.22. The number of Topliss-reactive ketones (excluding diaryl/α,β-unsaturated/α-hetero) is 1. The number of aliphatic hydroxyl groups excluding tert-OH is 1. The number of ether oxygens (including phenoxy) is 1. The molecule has 2 heterocycles. The Morgan fingerprint density at radius 2 is 2.40 bits per heavy atom. The average Bonchev–Trinajstić information content (AvgIpc) is 2.73. The van der Waals surface area contributed by atoms with E-state index in [1.165, 1.54) is 7.11 Å². The third-order valence-electron chi connectivity index (χ3n) is 2.12. The van der Waals surface area contributed by atoms with Crippen LogP contribution in [0.2, 0.25) is 0 Å². The Bertz CT molecular complexity index is 492. The van der Waals surface area contributed by atoms with Crippen LogP contribution in [0.5, 0.6) is 0 Å². The maximum Gasteiger partial charge on any atom is 0.220 e. The summed E-state index contributed by atoms with van der Waals surface area (Å²) in [6.07, 6.45) is 3.56. The number of carbonyl (C=O) groups is 1. The van der Waals surface area contributed by atoms with Gasteiger partial charge in [-0.1, -0.05) is 0 Å². The predicted molar refractivity (Wildman–Crippen MR) is 52.5 cm³/mol. The third kappa shape index (κ3) is 1.74. The molecule has 1 N–H and O–H groups in total. The summed E-state index contributed by atoms with van der Waals surface area (Å²) in [5.74, 6) is -0.465. The fourth-order valence-electron chi connectivity index (χ4n) is 1.32. The Morgan fingerprint density at radius 3 is 3.13 bits per heavy atom. The Kier molecular flexibility index (Phi) is 2.49. The van der Waals surface area contributed by atoms with Crippen molar-refractivity contribution < 1.29 is 14.6 Å². The van der Waals surface area contributed by atoms with Gasteiger partial charge in [0.1, 0.15) is 5.65 Å². The second kappa shape index (κ2) is 3.80. The summed E-state index contributed by atoms with van der Waals surface area (Å²) >= 11 is 0. The lowest BCUT2D eigenvalue weighted by Crippen LogP contribution is -2.22. The minimum atomic E-state index is -1.41. The van der Waals surface area contributed by atoms with E-state index < -0.39 is 12.1 Å². The van der Waals surface area contributed by atoms with E-state index in [0.717, 1.165) is 5.65 Å². The normalized spacial score (nSPS) is 12.9. The summed E-state index contributed by atoms with van der Waals surface area (Å²) < 4.78 is 6.25. The van der Waals surface area contributed by atoms with Crippen molar-refractivity contribution in [3.8, 4) is 0 Å². The lowest BCUT2D eigenvalue weighted by molar-refractivity contribution is -0.0483. The minimum absolute atomic E-state index is 0.384. The zero-order valence-electron chi connectivity index (χ0n) is 8.12. The van der Waals surface area contributed by atoms with Crippen LogP contribution in [-0.4, -0.2) is 33.7 Å². The first-order valence-corrected chi connectivity index (χ1v) is 4.40. The van der Waals surface area contributed by atoms with Crippen LogP contribution in [0.3, 0.4) is 0 Å². The Hall–Kier alpha value is -1.72. The van der Waals surface area contributed by atoms with Crippen LogP contribution in [0.15, 0.2) is 30.7 Å². The largest absolute Gasteiger partial charge is 0.362 e. The number of aromatic nitrogens is 2. The number of methoxy groups -OCH3 is 1. The van der Waals surface area contributed by atoms with Crippen molar-refractivity contribution in [2.45, 2.75) is 6.29 Å². The van der Waals surface area contributed by atoms with Gasteiger partial charge in [-0.15, -0.1) is 0 Å². The summed E-state index contributed by atoms with van der Waals surface area (Å²) in [5.41, 5.74) is 1.13. The number of hydrogen-bond acceptors (Lipinski definition) is 4. The van der Waals surface area contributed by atoms with Gasteiger partial charge in [-0.25, -0.2) is 4.98 Å². The van der Waals surface area contributed by atoms with Crippen LogP contribution < -0.4 is 0 Å². The fourth-order valence-corrected chi connectivity index (χ4v) is 1.32. The van der Waals surface area contributed by atoms with E-state index in [1.807, 2.05) is 0 Å². The van der Waals surface area contributed by atoms with E-state index in [2.05, 4.69) is 9.72 Å². The van der Waals surface area contributed by atoms with Crippen molar-refractivity contribution in [2.75, 3.05) is 7.11 Å². The van der Waals surface area contributed by atoms with Crippen LogP contribution in [-0.2, 0) is 4.74 Å². The molecule has 5 nitrogen and oxygen atoms in total. The molecule has 0 saturated carbocycles. The molecule has 0 saturated heterocycles. The smallest absolute Gasteiger partial charge is 0.220 e. The first-order valence-electron chi connectivity index (χ1n) is 4.40. The number of aliphatic hydroxyl groups is 1. The molecule has 0 radical (unpaired) electrons. The summed E-state index contributed by atoms with van der Waals surface area (Å²) in [6.45, 7) is 0. The van der Waals surface area contributed by atoms with E-state index in [-0.39, 0.29) is 0 Å². The molecule has 0 bridgehead atoms. The van der Waals surface area contributed by atoms with E-state index in [1.54, 1.807) is 35.1 Å². The molecule has 0 fully saturated rings. The molecular weight excluding hydrogens is 196 g/mol. The maximum atomic E-state index is 11.5. The first kappa shape index (κ1) is 9.82. The molecule has 0 aromatic carbocycles. The van der Waals surface area contributed by atoms with E-state index in [4.69, 9.17) is 0 Å². The molecule has 2 aromatic heterocycles. The predicted octanol–water partition coefficient (Wildman–Crippen LogP) is 0.482. The highest BCUT2D eigenvalue weighted by molar-refractivity contribution is 5.98. The molecule has 2 aromatic rings. The van der Waals surface area contributed by atoms with Gasteiger partial charge in [0, 0.05) is 31.3 Å². The number of imidazole rings is 1. The zero-order chi connectivity index (χ0) is 10.8. The number of rotatable bonds is 3. The van der Waals surface area contributed by atoms with E-state index in [0.29, 0.717) is 5.56 Å². The maximum absolute atomic E-state index is 11.5. The quantitative estimate of drug-likeness (QED) is 0.586. The number of ketones is 1. The standard InChI is InChI=1S/C10H10N2O3/c1-15-10(14)9(13)7-2-3-8-11-4-5-12(8)6-7/h2-6,10,14H,1H3. The zero-order valence-corrected chi connectivity index (χ0v) is 8.12. The number of carbonyl (C=O) groups excluding carboxylic acids is 1. The second-order valence-electron chi connectivity index (χ2n) is 3.06. The summed E-state index contributed by atoms with van der Waals surface area (Å²) in [6, 6.07) is 3.31. The SMILES string of the molecule is COC(O)C(=O)c1ccc2nccn2c1. The van der Waals surface area contributed by atoms with Crippen LogP contribution >= 0.6 is 0 Å². The lowest BCUT2D eigenvalue weighted by Gasteiger charge is -2.07. The van der Waals surface area contributed by atoms with Crippen molar-refractivity contribution in [1.29, 1.82) is 0 Å². The number of pyridine rings is 1. The van der Waals surface area contributed by atoms with Gasteiger partial charge in [0.25, 0.3) is 0 Å². The molecule has 0 aliphatic rings. The summed E-state index contributed by atoms with van der Waals surface area (Å²) in [7, 11) is 1.28. The molecule has 0 amide bonds. The topological polar surface area (TPSA) is 63.8 Å². The highest BCUT2D eigenvalue weighted by Crippen LogP contribution is 2.07. The summed E-state index contributed by atoms with van der Waals surface area (Å²) in [4.78, 5) is 15.6. The minimum Gasteiger partial charge on any atom is -0.362 e. The molecule has 78 valence electrons. The number of fused-ring (bicyclic) bond motifs is 1. The van der Waals surface area contributed by atoms with Crippen molar-refractivity contribution in [3.63, 3.8) is 0 Å². The van der Waals surface area contributed by atoms with Crippen molar-refractivity contribution in [2.24, 2.45) is 0 Å². The number of hydrogen-bond donors (Lipinski definition) is 1. The number of nitrogens with zero attached hydrogens (tertiary/aromatic N) is 2. The molecule has 0 aliphatic heterocycles. The molecule has 5 heteroatoms. The molecule has 2 rings (SSSR count). The monoisotopic (exact) mass is 206 g/mol. The van der Waals surface area contributed by atoms with Crippen LogP contribution in [0, 0.1) is 0 Å². The average molecular weight is 206 g/mol. The van der Waals surface area contributed by atoms with Crippen molar-refractivity contribution >= 4 is 11.4 Å². The molecular formula is C10H10N2O3. The Morgan fingerprint density at radius 1 is 1.60 bits per heavy atom. The summed E-state index contributed by atoms with van der Waals surface area (Å²) in [5, 5.41) is 9.21. The van der Waals surface area contributed by atoms with Gasteiger partial charge in [-0.2, -0.15) is 0 Å². The van der Waals surface area contributed by atoms with E-state index >= 15 is 0 Å². The van der Waals surface area contributed by atoms with Crippen molar-refractivity contribution in [1.82, 2.24) is 9.38 Å². The van der Waals surface area contributed by atoms with Gasteiger partial charge < -0.3 is 14.2 Å². The van der Waals surface area contributed by atoms with Crippen molar-refractivity contribution in [3.05, 3.63) is 36.3 Å². The Balaban J connectivity index is 2.39. The highest BCUT2D eigenvalue weighted by Gasteiger charge is 2.16. The van der Waals surface area contributed by atoms with Gasteiger partial charge >= 0.3 is 0 Å². The highest BCUT2D eigenvalue weighted by atomic mass is 16.6. The fraction of sp³-hybridized carbons (Fsp3) is 0.200. The van der Waals surface area contributed by atoms with Crippen LogP contribution in [0.4, 0.5) is 0 Å². The Labute approximate surface area is 85.9 Å². The van der Waals surface area contributed by atoms with Crippen LogP contribution in [0.1, 0.15) is 10.4 Å². The van der Waals surface area contributed by atoms with Gasteiger partial charge in [0.2, 0.25) is 12.1 Å². The van der Waals surface area contributed by atoms with E-state index in [9.17, 15) is 9.90 Å². The lowest BCUT2D eigenvalue weighted by atomic mass is 10.2. The molecule has 15 heavy (non-hydrogen) atoms. The van der Waals surface area contributed by atoms with Gasteiger partial charge in [-0.05, 0) is 12.1 Å². The third-order valence-corrected chi connectivity index (χ3v) is 2.12. The molecule has 1 unspecified atom stereocenters. The molecule has 0 aliphatic carbocycles. The molecule has 0 spiro atoms. The van der Waals surface area contributed by atoms with Gasteiger partial charge in [0.05, 0.1) is 0 Å². The second-order valence-corrected chi connectivity index (χ2v) is 3.06. The van der Waals surface area contributed by atoms with Gasteiger partial charge in [0.15, 0.2) is 0 Å².